The van der Waals surface area contributed by atoms with Crippen molar-refractivity contribution in [3.8, 4) is 0 Å². The van der Waals surface area contributed by atoms with E-state index in [0.29, 0.717) is 0 Å². The van der Waals surface area contributed by atoms with Crippen LogP contribution in [0.2, 0.25) is 0 Å². The van der Waals surface area contributed by atoms with Gasteiger partial charge < -0.3 is 8.97 Å². The van der Waals surface area contributed by atoms with Crippen molar-refractivity contribution in [3.63, 3.8) is 0 Å². The standard InChI is InChI=1S/C18H34N2/c1-19(2,3)17-11-7-9-13-15(11)16-12(17)8-10-14(16)18(13)20(4,5)6/h11-18H,7-10H2,1-6H3/q+2. The second-order valence-electron chi connectivity index (χ2n) is 10.2. The molecule has 0 amide bonds. The third-order valence-corrected chi connectivity index (χ3v) is 7.63. The SMILES string of the molecule is C[N+](C)(C)C1C2CCC3C2C2C1CCC2C3[N+](C)(C)C. The van der Waals surface area contributed by atoms with Crippen molar-refractivity contribution >= 4 is 0 Å². The van der Waals surface area contributed by atoms with Gasteiger partial charge in [-0.25, -0.2) is 0 Å². The molecule has 4 rings (SSSR count). The highest BCUT2D eigenvalue weighted by Gasteiger charge is 2.72. The molecule has 0 spiro atoms. The van der Waals surface area contributed by atoms with Crippen LogP contribution in [-0.4, -0.2) is 63.3 Å². The van der Waals surface area contributed by atoms with E-state index in [1.54, 1.807) is 0 Å². The third-order valence-electron chi connectivity index (χ3n) is 7.63. The highest BCUT2D eigenvalue weighted by atomic mass is 15.3. The lowest BCUT2D eigenvalue weighted by Crippen LogP contribution is -2.52. The largest absolute Gasteiger partial charge is 0.328 e. The molecule has 20 heavy (non-hydrogen) atoms. The molecule has 0 aromatic carbocycles. The first-order valence-corrected chi connectivity index (χ1v) is 8.83. The summed E-state index contributed by atoms with van der Waals surface area (Å²) in [6, 6.07) is 1.93. The molecule has 0 aliphatic heterocycles. The summed E-state index contributed by atoms with van der Waals surface area (Å²) in [6.07, 6.45) is 6.13. The van der Waals surface area contributed by atoms with Crippen molar-refractivity contribution in [1.29, 1.82) is 0 Å². The molecule has 0 N–H and O–H groups in total. The van der Waals surface area contributed by atoms with E-state index >= 15 is 0 Å². The van der Waals surface area contributed by atoms with E-state index in [9.17, 15) is 0 Å². The zero-order valence-electron chi connectivity index (χ0n) is 14.3. The highest BCUT2D eigenvalue weighted by Crippen LogP contribution is 2.69. The first-order valence-electron chi connectivity index (χ1n) is 8.83. The van der Waals surface area contributed by atoms with Crippen LogP contribution in [0.15, 0.2) is 0 Å². The van der Waals surface area contributed by atoms with Gasteiger partial charge >= 0.3 is 0 Å². The third kappa shape index (κ3) is 1.53. The van der Waals surface area contributed by atoms with Crippen LogP contribution in [0.4, 0.5) is 0 Å². The maximum atomic E-state index is 2.46. The maximum absolute atomic E-state index is 2.46. The van der Waals surface area contributed by atoms with Gasteiger partial charge in [0, 0.05) is 23.7 Å². The van der Waals surface area contributed by atoms with Crippen LogP contribution < -0.4 is 0 Å². The Morgan fingerprint density at radius 2 is 0.750 bits per heavy atom. The maximum Gasteiger partial charge on any atom is 0.0946 e. The van der Waals surface area contributed by atoms with Gasteiger partial charge in [0.25, 0.3) is 0 Å². The van der Waals surface area contributed by atoms with Gasteiger partial charge in [-0.3, -0.25) is 0 Å². The van der Waals surface area contributed by atoms with Crippen molar-refractivity contribution < 1.29 is 8.97 Å². The van der Waals surface area contributed by atoms with Crippen LogP contribution in [0, 0.1) is 35.5 Å². The van der Waals surface area contributed by atoms with E-state index in [2.05, 4.69) is 42.3 Å². The molecule has 4 aliphatic rings. The van der Waals surface area contributed by atoms with Crippen molar-refractivity contribution in [2.24, 2.45) is 35.5 Å². The summed E-state index contributed by atoms with van der Waals surface area (Å²) in [5, 5.41) is 0. The molecule has 4 fully saturated rings. The zero-order valence-corrected chi connectivity index (χ0v) is 14.3. The molecule has 0 bridgehead atoms. The molecule has 0 saturated heterocycles. The van der Waals surface area contributed by atoms with Crippen LogP contribution in [0.3, 0.4) is 0 Å². The van der Waals surface area contributed by atoms with Gasteiger partial charge in [-0.2, -0.15) is 0 Å². The number of hydrogen-bond donors (Lipinski definition) is 0. The normalized spacial score (nSPS) is 53.7. The molecular weight excluding hydrogens is 244 g/mol. The Morgan fingerprint density at radius 1 is 0.500 bits per heavy atom. The monoisotopic (exact) mass is 278 g/mol. The number of quaternary nitrogens is 2. The highest BCUT2D eigenvalue weighted by molar-refractivity contribution is 5.16. The summed E-state index contributed by atoms with van der Waals surface area (Å²) in [5.74, 6) is 6.39. The molecule has 2 nitrogen and oxygen atoms in total. The molecule has 4 saturated carbocycles. The fourth-order valence-corrected chi connectivity index (χ4v) is 7.84. The smallest absolute Gasteiger partial charge is 0.0946 e. The number of nitrogens with zero attached hydrogens (tertiary/aromatic N) is 2. The minimum absolute atomic E-state index is 0.966. The summed E-state index contributed by atoms with van der Waals surface area (Å²) >= 11 is 0. The van der Waals surface area contributed by atoms with Crippen LogP contribution in [0.5, 0.6) is 0 Å². The van der Waals surface area contributed by atoms with Gasteiger partial charge in [0.05, 0.1) is 54.4 Å². The van der Waals surface area contributed by atoms with Crippen molar-refractivity contribution in [2.75, 3.05) is 42.3 Å². The fourth-order valence-electron chi connectivity index (χ4n) is 7.84. The van der Waals surface area contributed by atoms with E-state index in [0.717, 1.165) is 47.6 Å². The van der Waals surface area contributed by atoms with Crippen molar-refractivity contribution in [1.82, 2.24) is 0 Å². The minimum atomic E-state index is 0.966. The summed E-state index contributed by atoms with van der Waals surface area (Å²) in [6.45, 7) is 0. The van der Waals surface area contributed by atoms with Crippen LogP contribution >= 0.6 is 0 Å². The van der Waals surface area contributed by atoms with Crippen LogP contribution in [0.1, 0.15) is 25.7 Å². The van der Waals surface area contributed by atoms with Crippen LogP contribution in [-0.2, 0) is 0 Å². The quantitative estimate of drug-likeness (QED) is 0.681. The van der Waals surface area contributed by atoms with E-state index in [-0.39, 0.29) is 0 Å². The van der Waals surface area contributed by atoms with Crippen molar-refractivity contribution in [3.05, 3.63) is 0 Å². The molecule has 2 heteroatoms. The first kappa shape index (κ1) is 13.6. The summed E-state index contributed by atoms with van der Waals surface area (Å²) in [7, 11) is 14.8. The molecule has 114 valence electrons. The topological polar surface area (TPSA) is 0 Å². The number of rotatable bonds is 2. The molecule has 4 unspecified atom stereocenters. The predicted octanol–water partition coefficient (Wildman–Crippen LogP) is 2.45. The minimum Gasteiger partial charge on any atom is -0.328 e. The Bertz CT molecular complexity index is 352. The molecule has 4 aliphatic carbocycles. The van der Waals surface area contributed by atoms with E-state index in [1.807, 2.05) is 0 Å². The lowest BCUT2D eigenvalue weighted by atomic mass is 9.90. The molecule has 0 aromatic rings. The second kappa shape index (κ2) is 3.81. The molecule has 0 heterocycles. The molecular formula is C18H34N2+2. The van der Waals surface area contributed by atoms with Gasteiger partial charge in [0.1, 0.15) is 0 Å². The second-order valence-corrected chi connectivity index (χ2v) is 10.2. The Morgan fingerprint density at radius 3 is 0.950 bits per heavy atom. The van der Waals surface area contributed by atoms with Gasteiger partial charge in [-0.05, 0) is 37.5 Å². The lowest BCUT2D eigenvalue weighted by molar-refractivity contribution is -0.905. The van der Waals surface area contributed by atoms with E-state index in [1.165, 1.54) is 34.6 Å². The van der Waals surface area contributed by atoms with E-state index in [4.69, 9.17) is 0 Å². The van der Waals surface area contributed by atoms with Gasteiger partial charge in [-0.1, -0.05) is 0 Å². The number of hydrogen-bond acceptors (Lipinski definition) is 0. The average Bonchev–Trinajstić information content (AvgIpc) is 2.92. The zero-order chi connectivity index (χ0) is 14.4. The predicted molar refractivity (Wildman–Crippen MR) is 83.0 cm³/mol. The first-order chi connectivity index (χ1) is 9.21. The fraction of sp³-hybridized carbons (Fsp3) is 1.00. The lowest BCUT2D eigenvalue weighted by Gasteiger charge is -2.39. The average molecular weight is 278 g/mol. The Labute approximate surface area is 125 Å². The summed E-state index contributed by atoms with van der Waals surface area (Å²) < 4.78 is 2.44. The Kier molecular flexibility index (Phi) is 2.59. The Balaban J connectivity index is 1.74. The van der Waals surface area contributed by atoms with Gasteiger partial charge in [0.15, 0.2) is 0 Å². The molecule has 0 radical (unpaired) electrons. The Hall–Kier alpha value is -0.0800. The summed E-state index contributed by atoms with van der Waals surface area (Å²) in [5.41, 5.74) is 0. The molecule has 0 aromatic heterocycles. The van der Waals surface area contributed by atoms with Gasteiger partial charge in [-0.15, -0.1) is 0 Å². The van der Waals surface area contributed by atoms with E-state index < -0.39 is 0 Å². The summed E-state index contributed by atoms with van der Waals surface area (Å²) in [4.78, 5) is 0. The van der Waals surface area contributed by atoms with Gasteiger partial charge in [0.2, 0.25) is 0 Å². The molecule has 4 atom stereocenters. The van der Waals surface area contributed by atoms with Crippen molar-refractivity contribution in [2.45, 2.75) is 37.8 Å². The van der Waals surface area contributed by atoms with Crippen LogP contribution in [0.25, 0.3) is 0 Å².